The molecule has 0 aliphatic heterocycles. The van der Waals surface area contributed by atoms with Gasteiger partial charge in [0.1, 0.15) is 0 Å². The number of benzene rings is 1. The molecule has 0 spiro atoms. The molecule has 0 radical (unpaired) electrons. The van der Waals surface area contributed by atoms with Crippen molar-refractivity contribution in [2.75, 3.05) is 0 Å². The zero-order valence-corrected chi connectivity index (χ0v) is 9.89. The fourth-order valence-corrected chi connectivity index (χ4v) is 3.40. The van der Waals surface area contributed by atoms with E-state index in [1.165, 1.54) is 5.56 Å². The Morgan fingerprint density at radius 3 is 2.27 bits per heavy atom. The third kappa shape index (κ3) is 2.34. The summed E-state index contributed by atoms with van der Waals surface area (Å²) in [6, 6.07) is 9.90. The topological polar surface area (TPSA) is 34.1 Å². The lowest BCUT2D eigenvalue weighted by Gasteiger charge is -2.10. The second kappa shape index (κ2) is 3.80. The van der Waals surface area contributed by atoms with Gasteiger partial charge < -0.3 is 0 Å². The standard InChI is InChI=1S/C11H13ClO2S/c12-15(13,14)11(8-9-11)7-6-10-4-2-1-3-5-10/h1-5H,6-9H2. The predicted molar refractivity (Wildman–Crippen MR) is 61.5 cm³/mol. The maximum atomic E-state index is 11.3. The predicted octanol–water partition coefficient (Wildman–Crippen LogP) is 2.72. The van der Waals surface area contributed by atoms with Crippen LogP contribution in [0, 0.1) is 0 Å². The van der Waals surface area contributed by atoms with E-state index in [1.807, 2.05) is 30.3 Å². The molecule has 2 nitrogen and oxygen atoms in total. The molecule has 1 aliphatic carbocycles. The molecular weight excluding hydrogens is 232 g/mol. The van der Waals surface area contributed by atoms with Gasteiger partial charge in [0.2, 0.25) is 9.05 Å². The minimum atomic E-state index is -3.39. The minimum absolute atomic E-state index is 0.621. The zero-order valence-electron chi connectivity index (χ0n) is 8.32. The highest BCUT2D eigenvalue weighted by Gasteiger charge is 2.53. The van der Waals surface area contributed by atoms with Crippen molar-refractivity contribution in [2.24, 2.45) is 0 Å². The lowest BCUT2D eigenvalue weighted by Crippen LogP contribution is -2.18. The molecule has 4 heteroatoms. The van der Waals surface area contributed by atoms with Crippen molar-refractivity contribution < 1.29 is 8.42 Å². The first-order valence-corrected chi connectivity index (χ1v) is 7.33. The van der Waals surface area contributed by atoms with Crippen LogP contribution in [0.5, 0.6) is 0 Å². The maximum absolute atomic E-state index is 11.3. The van der Waals surface area contributed by atoms with Crippen molar-refractivity contribution in [3.8, 4) is 0 Å². The highest BCUT2D eigenvalue weighted by atomic mass is 35.7. The lowest BCUT2D eigenvalue weighted by molar-refractivity contribution is 0.582. The minimum Gasteiger partial charge on any atom is -0.212 e. The summed E-state index contributed by atoms with van der Waals surface area (Å²) >= 11 is 0. The normalized spacial score (nSPS) is 18.7. The summed E-state index contributed by atoms with van der Waals surface area (Å²) in [5.74, 6) is 0. The molecule has 0 bridgehead atoms. The smallest absolute Gasteiger partial charge is 0.212 e. The Morgan fingerprint density at radius 2 is 1.80 bits per heavy atom. The van der Waals surface area contributed by atoms with Crippen LogP contribution >= 0.6 is 10.7 Å². The summed E-state index contributed by atoms with van der Waals surface area (Å²) in [7, 11) is 2.04. The fourth-order valence-electron chi connectivity index (χ4n) is 1.77. The van der Waals surface area contributed by atoms with Gasteiger partial charge in [0.25, 0.3) is 0 Å². The molecule has 1 fully saturated rings. The third-order valence-corrected chi connectivity index (χ3v) is 5.67. The monoisotopic (exact) mass is 244 g/mol. The van der Waals surface area contributed by atoms with E-state index in [2.05, 4.69) is 0 Å². The van der Waals surface area contributed by atoms with E-state index >= 15 is 0 Å². The molecule has 0 saturated heterocycles. The zero-order chi connectivity index (χ0) is 10.9. The molecule has 0 aromatic heterocycles. The van der Waals surface area contributed by atoms with E-state index in [4.69, 9.17) is 10.7 Å². The van der Waals surface area contributed by atoms with Gasteiger partial charge in [-0.05, 0) is 31.2 Å². The molecule has 1 aromatic rings. The van der Waals surface area contributed by atoms with Gasteiger partial charge in [-0.3, -0.25) is 0 Å². The van der Waals surface area contributed by atoms with Crippen LogP contribution in [0.2, 0.25) is 0 Å². The van der Waals surface area contributed by atoms with Crippen LogP contribution in [-0.4, -0.2) is 13.2 Å². The fraction of sp³-hybridized carbons (Fsp3) is 0.455. The summed E-state index contributed by atoms with van der Waals surface area (Å²) in [6.07, 6.45) is 2.85. The van der Waals surface area contributed by atoms with Crippen LogP contribution in [0.4, 0.5) is 0 Å². The van der Waals surface area contributed by atoms with Crippen molar-refractivity contribution in [2.45, 2.75) is 30.4 Å². The average molecular weight is 245 g/mol. The second-order valence-corrected chi connectivity index (χ2v) is 7.07. The molecule has 0 atom stereocenters. The molecule has 1 aliphatic rings. The maximum Gasteiger partial charge on any atom is 0.238 e. The molecular formula is C11H13ClO2S. The molecule has 2 rings (SSSR count). The van der Waals surface area contributed by atoms with Crippen LogP contribution in [0.1, 0.15) is 24.8 Å². The first-order valence-electron chi connectivity index (χ1n) is 5.02. The molecule has 0 N–H and O–H groups in total. The van der Waals surface area contributed by atoms with Gasteiger partial charge >= 0.3 is 0 Å². The van der Waals surface area contributed by atoms with E-state index < -0.39 is 13.8 Å². The van der Waals surface area contributed by atoms with E-state index in [-0.39, 0.29) is 0 Å². The molecule has 0 heterocycles. The molecule has 82 valence electrons. The summed E-state index contributed by atoms with van der Waals surface area (Å²) in [5.41, 5.74) is 1.17. The number of hydrogen-bond donors (Lipinski definition) is 0. The Balaban J connectivity index is 2.01. The van der Waals surface area contributed by atoms with Gasteiger partial charge in [0, 0.05) is 10.7 Å². The number of aryl methyl sites for hydroxylation is 1. The quantitative estimate of drug-likeness (QED) is 0.764. The van der Waals surface area contributed by atoms with Gasteiger partial charge in [-0.1, -0.05) is 30.3 Å². The van der Waals surface area contributed by atoms with Crippen LogP contribution < -0.4 is 0 Å². The molecule has 0 amide bonds. The van der Waals surface area contributed by atoms with Gasteiger partial charge in [0.05, 0.1) is 4.75 Å². The molecule has 0 unspecified atom stereocenters. The number of hydrogen-bond acceptors (Lipinski definition) is 2. The molecule has 1 saturated carbocycles. The Bertz CT molecular complexity index is 435. The summed E-state index contributed by atoms with van der Waals surface area (Å²) in [5, 5.41) is 0. The molecule has 15 heavy (non-hydrogen) atoms. The largest absolute Gasteiger partial charge is 0.238 e. The Labute approximate surface area is 94.7 Å². The van der Waals surface area contributed by atoms with Gasteiger partial charge in [-0.15, -0.1) is 0 Å². The van der Waals surface area contributed by atoms with E-state index in [1.54, 1.807) is 0 Å². The van der Waals surface area contributed by atoms with Crippen molar-refractivity contribution >= 4 is 19.7 Å². The van der Waals surface area contributed by atoms with Crippen molar-refractivity contribution in [3.05, 3.63) is 35.9 Å². The highest BCUT2D eigenvalue weighted by Crippen LogP contribution is 2.48. The van der Waals surface area contributed by atoms with Crippen molar-refractivity contribution in [1.29, 1.82) is 0 Å². The van der Waals surface area contributed by atoms with Gasteiger partial charge in [-0.25, -0.2) is 8.42 Å². The van der Waals surface area contributed by atoms with E-state index in [9.17, 15) is 8.42 Å². The summed E-state index contributed by atoms with van der Waals surface area (Å²) < 4.78 is 22.0. The third-order valence-electron chi connectivity index (χ3n) is 3.04. The first kappa shape index (κ1) is 11.0. The number of halogens is 1. The Morgan fingerprint density at radius 1 is 1.20 bits per heavy atom. The van der Waals surface area contributed by atoms with Gasteiger partial charge in [-0.2, -0.15) is 0 Å². The van der Waals surface area contributed by atoms with E-state index in [0.29, 0.717) is 19.3 Å². The SMILES string of the molecule is O=S(=O)(Cl)C1(CCc2ccccc2)CC1. The highest BCUT2D eigenvalue weighted by molar-refractivity contribution is 8.15. The van der Waals surface area contributed by atoms with Crippen molar-refractivity contribution in [1.82, 2.24) is 0 Å². The lowest BCUT2D eigenvalue weighted by atomic mass is 10.1. The summed E-state index contributed by atoms with van der Waals surface area (Å²) in [6.45, 7) is 0. The Hall–Kier alpha value is -0.540. The average Bonchev–Trinajstić information content (AvgIpc) is 2.96. The van der Waals surface area contributed by atoms with Crippen LogP contribution in [0.15, 0.2) is 30.3 Å². The van der Waals surface area contributed by atoms with Crippen molar-refractivity contribution in [3.63, 3.8) is 0 Å². The van der Waals surface area contributed by atoms with Crippen LogP contribution in [-0.2, 0) is 15.5 Å². The first-order chi connectivity index (χ1) is 7.04. The van der Waals surface area contributed by atoms with E-state index in [0.717, 1.165) is 6.42 Å². The van der Waals surface area contributed by atoms with Crippen LogP contribution in [0.25, 0.3) is 0 Å². The van der Waals surface area contributed by atoms with Gasteiger partial charge in [0.15, 0.2) is 0 Å². The van der Waals surface area contributed by atoms with Crippen LogP contribution in [0.3, 0.4) is 0 Å². The molecule has 1 aromatic carbocycles. The second-order valence-electron chi connectivity index (χ2n) is 4.11. The Kier molecular flexibility index (Phi) is 2.77. The summed E-state index contributed by atoms with van der Waals surface area (Å²) in [4.78, 5) is 0. The number of rotatable bonds is 4.